The minimum Gasteiger partial charge on any atom is -0.381 e. The number of morpholine rings is 1. The van der Waals surface area contributed by atoms with Crippen LogP contribution in [-0.2, 0) is 16.0 Å². The zero-order valence-corrected chi connectivity index (χ0v) is 18.7. The Balaban J connectivity index is 1.47. The van der Waals surface area contributed by atoms with Gasteiger partial charge in [-0.1, -0.05) is 22.8 Å². The van der Waals surface area contributed by atoms with E-state index in [9.17, 15) is 4.79 Å². The molecule has 172 valence electrons. The number of imidazole rings is 1. The summed E-state index contributed by atoms with van der Waals surface area (Å²) >= 11 is 6.58. The van der Waals surface area contributed by atoms with E-state index in [1.54, 1.807) is 21.4 Å². The number of halogens is 1. The maximum absolute atomic E-state index is 13.8. The molecule has 2 fully saturated rings. The summed E-state index contributed by atoms with van der Waals surface area (Å²) in [6.07, 6.45) is 2.45. The molecular formula is C22H23ClN6O4. The normalized spacial score (nSPS) is 19.7. The summed E-state index contributed by atoms with van der Waals surface area (Å²) in [5.41, 5.74) is 2.10. The van der Waals surface area contributed by atoms with Gasteiger partial charge in [-0.25, -0.2) is 4.98 Å². The molecule has 10 nitrogen and oxygen atoms in total. The molecule has 0 radical (unpaired) electrons. The molecule has 33 heavy (non-hydrogen) atoms. The van der Waals surface area contributed by atoms with Crippen molar-refractivity contribution in [2.45, 2.75) is 18.9 Å². The van der Waals surface area contributed by atoms with E-state index in [-0.39, 0.29) is 11.5 Å². The lowest BCUT2D eigenvalue weighted by molar-refractivity contribution is 0.0364. The maximum atomic E-state index is 13.8. The molecule has 11 heteroatoms. The van der Waals surface area contributed by atoms with E-state index >= 15 is 0 Å². The first-order chi connectivity index (χ1) is 16.2. The lowest BCUT2D eigenvalue weighted by Crippen LogP contribution is -2.39. The minimum atomic E-state index is -0.188. The zero-order chi connectivity index (χ0) is 22.4. The van der Waals surface area contributed by atoms with Gasteiger partial charge in [0.15, 0.2) is 0 Å². The number of benzene rings is 1. The highest BCUT2D eigenvalue weighted by Gasteiger charge is 2.27. The third-order valence-corrected chi connectivity index (χ3v) is 6.69. The molecule has 1 aromatic carbocycles. The van der Waals surface area contributed by atoms with Crippen molar-refractivity contribution in [1.82, 2.24) is 29.0 Å². The summed E-state index contributed by atoms with van der Waals surface area (Å²) < 4.78 is 19.9. The van der Waals surface area contributed by atoms with Crippen LogP contribution >= 0.6 is 11.6 Å². The van der Waals surface area contributed by atoms with Crippen LogP contribution in [0.15, 0.2) is 33.8 Å². The average molecular weight is 471 g/mol. The van der Waals surface area contributed by atoms with Crippen molar-refractivity contribution in [1.29, 1.82) is 0 Å². The number of hydrogen-bond donors (Lipinski definition) is 0. The van der Waals surface area contributed by atoms with Gasteiger partial charge in [0.1, 0.15) is 17.5 Å². The van der Waals surface area contributed by atoms with E-state index in [2.05, 4.69) is 20.0 Å². The van der Waals surface area contributed by atoms with E-state index in [0.717, 1.165) is 31.6 Å². The molecular weight excluding hydrogens is 448 g/mol. The van der Waals surface area contributed by atoms with E-state index in [4.69, 9.17) is 25.6 Å². The first kappa shape index (κ1) is 20.8. The molecule has 0 bridgehead atoms. The van der Waals surface area contributed by atoms with Gasteiger partial charge < -0.3 is 18.6 Å². The van der Waals surface area contributed by atoms with Crippen molar-refractivity contribution < 1.29 is 14.0 Å². The van der Waals surface area contributed by atoms with Crippen LogP contribution in [0.25, 0.3) is 28.1 Å². The third-order valence-electron chi connectivity index (χ3n) is 6.39. The zero-order valence-electron chi connectivity index (χ0n) is 17.9. The van der Waals surface area contributed by atoms with Crippen molar-refractivity contribution in [3.05, 3.63) is 45.8 Å². The van der Waals surface area contributed by atoms with Crippen molar-refractivity contribution in [2.24, 2.45) is 0 Å². The van der Waals surface area contributed by atoms with Gasteiger partial charge in [-0.15, -0.1) is 0 Å². The number of hydrogen-bond acceptors (Lipinski definition) is 8. The highest BCUT2D eigenvalue weighted by molar-refractivity contribution is 6.35. The van der Waals surface area contributed by atoms with Gasteiger partial charge in [0.2, 0.25) is 11.7 Å². The lowest BCUT2D eigenvalue weighted by Gasteiger charge is -2.27. The van der Waals surface area contributed by atoms with Gasteiger partial charge in [0.05, 0.1) is 41.8 Å². The topological polar surface area (TPSA) is 99.9 Å². The Kier molecular flexibility index (Phi) is 5.37. The molecule has 0 N–H and O–H groups in total. The highest BCUT2D eigenvalue weighted by atomic mass is 35.5. The molecule has 0 spiro atoms. The molecule has 0 amide bonds. The monoisotopic (exact) mass is 470 g/mol. The summed E-state index contributed by atoms with van der Waals surface area (Å²) in [7, 11) is 0. The molecule has 2 aliphatic rings. The Hall–Kier alpha value is -2.79. The fourth-order valence-corrected chi connectivity index (χ4v) is 4.87. The molecule has 0 saturated carbocycles. The highest BCUT2D eigenvalue weighted by Crippen LogP contribution is 2.29. The Morgan fingerprint density at radius 2 is 1.97 bits per heavy atom. The lowest BCUT2D eigenvalue weighted by atomic mass is 10.1. The van der Waals surface area contributed by atoms with Crippen LogP contribution in [-0.4, -0.2) is 75.1 Å². The van der Waals surface area contributed by atoms with Gasteiger partial charge in [0, 0.05) is 32.8 Å². The summed E-state index contributed by atoms with van der Waals surface area (Å²) in [5.74, 6) is 0.891. The quantitative estimate of drug-likeness (QED) is 0.437. The van der Waals surface area contributed by atoms with Gasteiger partial charge >= 0.3 is 0 Å². The van der Waals surface area contributed by atoms with Crippen LogP contribution < -0.4 is 5.56 Å². The van der Waals surface area contributed by atoms with Crippen LogP contribution in [0.4, 0.5) is 0 Å². The summed E-state index contributed by atoms with van der Waals surface area (Å²) in [6.45, 7) is 5.55. The Labute approximate surface area is 193 Å². The standard InChI is InChI=1S/C22H23ClN6O4/c23-15-2-1-3-16-18(15)28(6-5-27-7-10-31-11-8-27)22(30)19-17(24-13-29(16)19)20-25-21(33-26-20)14-4-9-32-12-14/h1-3,13-14H,4-12H2. The second-order valence-corrected chi connectivity index (χ2v) is 8.75. The third kappa shape index (κ3) is 3.63. The SMILES string of the molecule is O=c1c2c(-c3noc(C4CCOC4)n3)ncn2c2cccc(Cl)c2n1CCN1CCOCC1. The predicted molar refractivity (Wildman–Crippen MR) is 121 cm³/mol. The molecule has 5 heterocycles. The first-order valence-electron chi connectivity index (χ1n) is 11.1. The Morgan fingerprint density at radius 3 is 2.79 bits per heavy atom. The maximum Gasteiger partial charge on any atom is 0.277 e. The van der Waals surface area contributed by atoms with Crippen LogP contribution in [0.3, 0.4) is 0 Å². The number of fused-ring (bicyclic) bond motifs is 3. The first-order valence-corrected chi connectivity index (χ1v) is 11.5. The van der Waals surface area contributed by atoms with Crippen molar-refractivity contribution in [3.8, 4) is 11.5 Å². The minimum absolute atomic E-state index is 0.0740. The Morgan fingerprint density at radius 1 is 1.09 bits per heavy atom. The molecule has 3 aromatic heterocycles. The summed E-state index contributed by atoms with van der Waals surface area (Å²) in [4.78, 5) is 25.1. The smallest absolute Gasteiger partial charge is 0.277 e. The largest absolute Gasteiger partial charge is 0.381 e. The van der Waals surface area contributed by atoms with Crippen LogP contribution in [0, 0.1) is 0 Å². The van der Waals surface area contributed by atoms with Crippen LogP contribution in [0.2, 0.25) is 5.02 Å². The van der Waals surface area contributed by atoms with E-state index in [1.165, 1.54) is 0 Å². The fraction of sp³-hybridized carbons (Fsp3) is 0.455. The second kappa shape index (κ2) is 8.53. The molecule has 0 aliphatic carbocycles. The Bertz CT molecular complexity index is 1370. The van der Waals surface area contributed by atoms with Gasteiger partial charge in [0.25, 0.3) is 5.56 Å². The van der Waals surface area contributed by atoms with E-state index in [0.29, 0.717) is 66.4 Å². The van der Waals surface area contributed by atoms with E-state index in [1.807, 2.05) is 12.1 Å². The molecule has 2 aliphatic heterocycles. The predicted octanol–water partition coefficient (Wildman–Crippen LogP) is 2.19. The van der Waals surface area contributed by atoms with Crippen molar-refractivity contribution >= 4 is 28.2 Å². The summed E-state index contributed by atoms with van der Waals surface area (Å²) in [5, 5.41) is 4.65. The number of aromatic nitrogens is 5. The fourth-order valence-electron chi connectivity index (χ4n) is 4.60. The molecule has 2 saturated heterocycles. The van der Waals surface area contributed by atoms with Gasteiger partial charge in [-0.2, -0.15) is 4.98 Å². The van der Waals surface area contributed by atoms with Crippen LogP contribution in [0.1, 0.15) is 18.2 Å². The average Bonchev–Trinajstić information content (AvgIpc) is 3.60. The number of nitrogens with zero attached hydrogens (tertiary/aromatic N) is 6. The molecule has 6 rings (SSSR count). The number of rotatable bonds is 5. The number of ether oxygens (including phenoxy) is 2. The second-order valence-electron chi connectivity index (χ2n) is 8.35. The van der Waals surface area contributed by atoms with Gasteiger partial charge in [-0.05, 0) is 18.6 Å². The molecule has 4 aromatic rings. The van der Waals surface area contributed by atoms with Crippen molar-refractivity contribution in [2.75, 3.05) is 46.1 Å². The van der Waals surface area contributed by atoms with E-state index < -0.39 is 0 Å². The van der Waals surface area contributed by atoms with Crippen molar-refractivity contribution in [3.63, 3.8) is 0 Å². The van der Waals surface area contributed by atoms with Gasteiger partial charge in [-0.3, -0.25) is 14.1 Å². The number of para-hydroxylation sites is 1. The molecule has 1 unspecified atom stereocenters. The van der Waals surface area contributed by atoms with Crippen LogP contribution in [0.5, 0.6) is 0 Å². The summed E-state index contributed by atoms with van der Waals surface area (Å²) in [6, 6.07) is 5.60. The molecule has 1 atom stereocenters.